The van der Waals surface area contributed by atoms with Gasteiger partial charge in [0.25, 0.3) is 5.79 Å². The predicted octanol–water partition coefficient (Wildman–Crippen LogP) is 3.13. The Morgan fingerprint density at radius 3 is 2.83 bits per heavy atom. The van der Waals surface area contributed by atoms with Gasteiger partial charge in [-0.15, -0.1) is 0 Å². The van der Waals surface area contributed by atoms with Crippen molar-refractivity contribution >= 4 is 15.9 Å². The molecule has 0 saturated carbocycles. The van der Waals surface area contributed by atoms with Gasteiger partial charge < -0.3 is 14.6 Å². The second-order valence-electron chi connectivity index (χ2n) is 5.18. The van der Waals surface area contributed by atoms with E-state index in [-0.39, 0.29) is 6.61 Å². The summed E-state index contributed by atoms with van der Waals surface area (Å²) in [7, 11) is 0. The zero-order valence-electron chi connectivity index (χ0n) is 10.8. The number of alkyl halides is 1. The first-order valence-corrected chi connectivity index (χ1v) is 7.38. The van der Waals surface area contributed by atoms with Gasteiger partial charge in [-0.05, 0) is 36.5 Å². The highest BCUT2D eigenvalue weighted by molar-refractivity contribution is 9.09. The summed E-state index contributed by atoms with van der Waals surface area (Å²) in [5, 5.41) is 10.3. The number of ether oxygens (including phenoxy) is 2. The summed E-state index contributed by atoms with van der Waals surface area (Å²) in [6, 6.07) is 5.91. The predicted molar refractivity (Wildman–Crippen MR) is 74.5 cm³/mol. The van der Waals surface area contributed by atoms with E-state index >= 15 is 0 Å². The SMILES string of the molecule is CC(C)CCc1ccc2c(c1)OCC(O)(CBr)O2. The van der Waals surface area contributed by atoms with E-state index < -0.39 is 5.79 Å². The molecule has 1 unspecified atom stereocenters. The average Bonchev–Trinajstić information content (AvgIpc) is 2.36. The van der Waals surface area contributed by atoms with Gasteiger partial charge in [0.05, 0.1) is 5.33 Å². The van der Waals surface area contributed by atoms with Crippen LogP contribution in [0.4, 0.5) is 0 Å². The Morgan fingerprint density at radius 1 is 1.39 bits per heavy atom. The summed E-state index contributed by atoms with van der Waals surface area (Å²) in [6.45, 7) is 4.58. The van der Waals surface area contributed by atoms with E-state index in [1.165, 1.54) is 5.56 Å². The molecule has 0 fully saturated rings. The quantitative estimate of drug-likeness (QED) is 0.868. The van der Waals surface area contributed by atoms with Crippen LogP contribution >= 0.6 is 15.9 Å². The molecule has 1 aliphatic rings. The highest BCUT2D eigenvalue weighted by atomic mass is 79.9. The molecule has 3 nitrogen and oxygen atoms in total. The van der Waals surface area contributed by atoms with Gasteiger partial charge in [0, 0.05) is 0 Å². The van der Waals surface area contributed by atoms with Gasteiger partial charge in [0.2, 0.25) is 0 Å². The summed E-state index contributed by atoms with van der Waals surface area (Å²) in [5.41, 5.74) is 1.25. The first-order valence-electron chi connectivity index (χ1n) is 6.25. The van der Waals surface area contributed by atoms with E-state index in [4.69, 9.17) is 9.47 Å². The zero-order valence-corrected chi connectivity index (χ0v) is 12.4. The van der Waals surface area contributed by atoms with Crippen LogP contribution in [0.2, 0.25) is 0 Å². The lowest BCUT2D eigenvalue weighted by Crippen LogP contribution is -2.46. The van der Waals surface area contributed by atoms with Crippen LogP contribution in [0.25, 0.3) is 0 Å². The molecule has 4 heteroatoms. The van der Waals surface area contributed by atoms with Gasteiger partial charge in [-0.3, -0.25) is 0 Å². The van der Waals surface area contributed by atoms with Crippen LogP contribution in [0, 0.1) is 5.92 Å². The number of hydrogen-bond donors (Lipinski definition) is 1. The summed E-state index contributed by atoms with van der Waals surface area (Å²) < 4.78 is 11.1. The molecule has 1 aromatic rings. The second-order valence-corrected chi connectivity index (χ2v) is 5.74. The normalized spacial score (nSPS) is 22.3. The Labute approximate surface area is 116 Å². The lowest BCUT2D eigenvalue weighted by Gasteiger charge is -2.32. The van der Waals surface area contributed by atoms with Crippen LogP contribution in [-0.4, -0.2) is 22.8 Å². The van der Waals surface area contributed by atoms with Crippen molar-refractivity contribution in [1.29, 1.82) is 0 Å². The molecule has 0 bridgehead atoms. The number of aryl methyl sites for hydroxylation is 1. The minimum absolute atomic E-state index is 0.152. The third-order valence-electron chi connectivity index (χ3n) is 2.98. The molecule has 1 N–H and O–H groups in total. The van der Waals surface area contributed by atoms with Crippen molar-refractivity contribution in [1.82, 2.24) is 0 Å². The summed E-state index contributed by atoms with van der Waals surface area (Å²) >= 11 is 3.22. The molecule has 1 aromatic carbocycles. The molecule has 1 aliphatic heterocycles. The van der Waals surface area contributed by atoms with Gasteiger partial charge in [0.15, 0.2) is 18.1 Å². The number of rotatable bonds is 4. The molecule has 0 spiro atoms. The number of fused-ring (bicyclic) bond motifs is 1. The molecule has 18 heavy (non-hydrogen) atoms. The van der Waals surface area contributed by atoms with E-state index in [9.17, 15) is 5.11 Å². The molecule has 1 atom stereocenters. The number of aliphatic hydroxyl groups is 1. The molecule has 0 saturated heterocycles. The number of benzene rings is 1. The largest absolute Gasteiger partial charge is 0.483 e. The minimum Gasteiger partial charge on any atom is -0.483 e. The fraction of sp³-hybridized carbons (Fsp3) is 0.571. The van der Waals surface area contributed by atoms with Crippen LogP contribution in [0.5, 0.6) is 11.5 Å². The Balaban J connectivity index is 2.10. The molecular formula is C14H19BrO3. The van der Waals surface area contributed by atoms with Gasteiger partial charge in [-0.25, -0.2) is 0 Å². The Hall–Kier alpha value is -0.740. The fourth-order valence-corrected chi connectivity index (χ4v) is 2.13. The standard InChI is InChI=1S/C14H19BrO3/c1-10(2)3-4-11-5-6-12-13(7-11)17-9-14(16,8-15)18-12/h5-7,10,16H,3-4,8-9H2,1-2H3. The molecule has 0 amide bonds. The third kappa shape index (κ3) is 3.18. The van der Waals surface area contributed by atoms with E-state index in [0.29, 0.717) is 17.0 Å². The minimum atomic E-state index is -1.26. The summed E-state index contributed by atoms with van der Waals surface area (Å²) in [6.07, 6.45) is 2.20. The first kappa shape index (κ1) is 13.7. The van der Waals surface area contributed by atoms with Crippen molar-refractivity contribution in [2.45, 2.75) is 32.5 Å². The smallest absolute Gasteiger partial charge is 0.252 e. The van der Waals surface area contributed by atoms with E-state index in [1.807, 2.05) is 18.2 Å². The van der Waals surface area contributed by atoms with Crippen LogP contribution < -0.4 is 9.47 Å². The average molecular weight is 315 g/mol. The topological polar surface area (TPSA) is 38.7 Å². The Morgan fingerprint density at radius 2 is 2.17 bits per heavy atom. The lowest BCUT2D eigenvalue weighted by molar-refractivity contribution is -0.154. The monoisotopic (exact) mass is 314 g/mol. The molecule has 1 heterocycles. The molecule has 0 aromatic heterocycles. The third-order valence-corrected chi connectivity index (χ3v) is 3.86. The molecule has 100 valence electrons. The van der Waals surface area contributed by atoms with Crippen molar-refractivity contribution in [3.63, 3.8) is 0 Å². The van der Waals surface area contributed by atoms with Crippen LogP contribution in [0.15, 0.2) is 18.2 Å². The van der Waals surface area contributed by atoms with Crippen molar-refractivity contribution in [3.8, 4) is 11.5 Å². The maximum atomic E-state index is 9.98. The molecule has 2 rings (SSSR count). The first-order chi connectivity index (χ1) is 8.52. The summed E-state index contributed by atoms with van der Waals surface area (Å²) in [4.78, 5) is 0. The second kappa shape index (κ2) is 5.49. The molecule has 0 aliphatic carbocycles. The van der Waals surface area contributed by atoms with Gasteiger partial charge in [-0.2, -0.15) is 0 Å². The lowest BCUT2D eigenvalue weighted by atomic mass is 10.0. The number of halogens is 1. The van der Waals surface area contributed by atoms with Crippen LogP contribution in [0.1, 0.15) is 25.8 Å². The number of hydrogen-bond acceptors (Lipinski definition) is 3. The van der Waals surface area contributed by atoms with Gasteiger partial charge in [0.1, 0.15) is 0 Å². The zero-order chi connectivity index (χ0) is 13.2. The van der Waals surface area contributed by atoms with E-state index in [2.05, 4.69) is 29.8 Å². The fourth-order valence-electron chi connectivity index (χ4n) is 1.85. The van der Waals surface area contributed by atoms with Crippen LogP contribution in [-0.2, 0) is 6.42 Å². The van der Waals surface area contributed by atoms with Crippen molar-refractivity contribution in [3.05, 3.63) is 23.8 Å². The Kier molecular flexibility index (Phi) is 4.17. The highest BCUT2D eigenvalue weighted by Gasteiger charge is 2.34. The highest BCUT2D eigenvalue weighted by Crippen LogP contribution is 2.36. The van der Waals surface area contributed by atoms with Crippen molar-refractivity contribution in [2.75, 3.05) is 11.9 Å². The van der Waals surface area contributed by atoms with Crippen LogP contribution in [0.3, 0.4) is 0 Å². The van der Waals surface area contributed by atoms with Crippen molar-refractivity contribution < 1.29 is 14.6 Å². The van der Waals surface area contributed by atoms with E-state index in [1.54, 1.807) is 0 Å². The maximum Gasteiger partial charge on any atom is 0.252 e. The van der Waals surface area contributed by atoms with Gasteiger partial charge >= 0.3 is 0 Å². The molecule has 0 radical (unpaired) electrons. The maximum absolute atomic E-state index is 9.98. The van der Waals surface area contributed by atoms with Gasteiger partial charge in [-0.1, -0.05) is 35.8 Å². The van der Waals surface area contributed by atoms with Crippen molar-refractivity contribution in [2.24, 2.45) is 5.92 Å². The Bertz CT molecular complexity index is 420. The van der Waals surface area contributed by atoms with E-state index in [0.717, 1.165) is 18.6 Å². The molecular weight excluding hydrogens is 296 g/mol. The summed E-state index contributed by atoms with van der Waals surface area (Å²) in [5.74, 6) is 0.766.